The number of hydrogen-bond donors (Lipinski definition) is 1. The third-order valence-corrected chi connectivity index (χ3v) is 3.49. The average Bonchev–Trinajstić information content (AvgIpc) is 2.72. The normalized spacial score (nSPS) is 36.5. The number of unbranched alkanes of at least 4 members (excludes halogenated alkanes) is 1. The van der Waals surface area contributed by atoms with Crippen LogP contribution < -0.4 is 5.73 Å². The van der Waals surface area contributed by atoms with Gasteiger partial charge in [-0.05, 0) is 30.6 Å². The van der Waals surface area contributed by atoms with Gasteiger partial charge in [0.25, 0.3) is 0 Å². The van der Waals surface area contributed by atoms with Crippen molar-refractivity contribution in [3.05, 3.63) is 0 Å². The second kappa shape index (κ2) is 4.27. The molecule has 0 aliphatic heterocycles. The highest BCUT2D eigenvalue weighted by atomic mass is 14.7. The maximum absolute atomic E-state index is 6.03. The summed E-state index contributed by atoms with van der Waals surface area (Å²) in [6.07, 6.45) is 5.28. The van der Waals surface area contributed by atoms with Gasteiger partial charge < -0.3 is 5.73 Å². The quantitative estimate of drug-likeness (QED) is 0.673. The lowest BCUT2D eigenvalue weighted by Gasteiger charge is -2.06. The Hall–Kier alpha value is -0.0400. The summed E-state index contributed by atoms with van der Waals surface area (Å²) >= 11 is 0. The Morgan fingerprint density at radius 1 is 1.33 bits per heavy atom. The smallest absolute Gasteiger partial charge is 0.00699 e. The highest BCUT2D eigenvalue weighted by Crippen LogP contribution is 2.51. The molecule has 72 valence electrons. The monoisotopic (exact) mass is 169 g/mol. The molecule has 1 saturated carbocycles. The molecule has 1 rings (SSSR count). The zero-order chi connectivity index (χ0) is 9.14. The van der Waals surface area contributed by atoms with Gasteiger partial charge in [-0.25, -0.2) is 0 Å². The van der Waals surface area contributed by atoms with E-state index in [1.807, 2.05) is 0 Å². The molecule has 12 heavy (non-hydrogen) atoms. The summed E-state index contributed by atoms with van der Waals surface area (Å²) in [5.41, 5.74) is 6.03. The van der Waals surface area contributed by atoms with E-state index in [0.717, 1.165) is 24.2 Å². The highest BCUT2D eigenvalue weighted by molar-refractivity contribution is 4.98. The summed E-state index contributed by atoms with van der Waals surface area (Å²) < 4.78 is 0. The summed E-state index contributed by atoms with van der Waals surface area (Å²) in [4.78, 5) is 0. The first kappa shape index (κ1) is 10.0. The van der Waals surface area contributed by atoms with E-state index in [-0.39, 0.29) is 0 Å². The van der Waals surface area contributed by atoms with E-state index in [1.54, 1.807) is 0 Å². The molecule has 0 aromatic carbocycles. The Kier molecular flexibility index (Phi) is 3.57. The molecule has 0 spiro atoms. The molecular formula is C11H23N. The van der Waals surface area contributed by atoms with E-state index in [0.29, 0.717) is 6.04 Å². The minimum absolute atomic E-state index is 0.474. The molecule has 0 heterocycles. The van der Waals surface area contributed by atoms with Crippen LogP contribution in [0.2, 0.25) is 0 Å². The first-order valence-electron chi connectivity index (χ1n) is 5.47. The van der Waals surface area contributed by atoms with Crippen molar-refractivity contribution in [1.29, 1.82) is 0 Å². The van der Waals surface area contributed by atoms with Crippen molar-refractivity contribution in [1.82, 2.24) is 0 Å². The lowest BCUT2D eigenvalue weighted by atomic mass is 10.1. The Bertz CT molecular complexity index is 133. The van der Waals surface area contributed by atoms with E-state index in [9.17, 15) is 0 Å². The van der Waals surface area contributed by atoms with Gasteiger partial charge in [0.05, 0.1) is 0 Å². The molecule has 1 fully saturated rings. The van der Waals surface area contributed by atoms with Crippen molar-refractivity contribution in [2.75, 3.05) is 0 Å². The second-order valence-electron chi connectivity index (χ2n) is 4.31. The molecule has 0 bridgehead atoms. The van der Waals surface area contributed by atoms with Gasteiger partial charge in [0.1, 0.15) is 0 Å². The average molecular weight is 169 g/mol. The van der Waals surface area contributed by atoms with Crippen LogP contribution >= 0.6 is 0 Å². The van der Waals surface area contributed by atoms with E-state index in [4.69, 9.17) is 5.73 Å². The molecule has 1 aliphatic carbocycles. The van der Waals surface area contributed by atoms with Crippen LogP contribution in [0.15, 0.2) is 0 Å². The lowest BCUT2D eigenvalue weighted by molar-refractivity contribution is 0.507. The fourth-order valence-corrected chi connectivity index (χ4v) is 2.45. The van der Waals surface area contributed by atoms with Crippen LogP contribution in [0.5, 0.6) is 0 Å². The molecular weight excluding hydrogens is 146 g/mol. The zero-order valence-corrected chi connectivity index (χ0v) is 8.72. The molecule has 4 atom stereocenters. The third kappa shape index (κ3) is 2.01. The van der Waals surface area contributed by atoms with Crippen molar-refractivity contribution in [2.45, 2.75) is 52.5 Å². The van der Waals surface area contributed by atoms with E-state index in [2.05, 4.69) is 20.8 Å². The minimum Gasteiger partial charge on any atom is -0.327 e. The van der Waals surface area contributed by atoms with Gasteiger partial charge in [0, 0.05) is 6.04 Å². The van der Waals surface area contributed by atoms with Gasteiger partial charge in [-0.15, -0.1) is 0 Å². The van der Waals surface area contributed by atoms with Crippen molar-refractivity contribution >= 4 is 0 Å². The number of rotatable bonds is 5. The molecule has 0 saturated heterocycles. The summed E-state index contributed by atoms with van der Waals surface area (Å²) in [5.74, 6) is 2.72. The topological polar surface area (TPSA) is 26.0 Å². The third-order valence-electron chi connectivity index (χ3n) is 3.49. The van der Waals surface area contributed by atoms with Crippen molar-refractivity contribution < 1.29 is 0 Å². The highest BCUT2D eigenvalue weighted by Gasteiger charge is 2.48. The second-order valence-corrected chi connectivity index (χ2v) is 4.31. The van der Waals surface area contributed by atoms with Crippen LogP contribution in [0.3, 0.4) is 0 Å². The van der Waals surface area contributed by atoms with Crippen LogP contribution in [0.1, 0.15) is 46.5 Å². The summed E-state index contributed by atoms with van der Waals surface area (Å²) in [7, 11) is 0. The first-order chi connectivity index (χ1) is 5.72. The van der Waals surface area contributed by atoms with E-state index < -0.39 is 0 Å². The SMILES string of the molecule is CCCCC1C(C)C1C(N)CC. The number of nitrogens with two attached hydrogens (primary N) is 1. The van der Waals surface area contributed by atoms with Gasteiger partial charge in [-0.2, -0.15) is 0 Å². The Morgan fingerprint density at radius 3 is 2.50 bits per heavy atom. The lowest BCUT2D eigenvalue weighted by Crippen LogP contribution is -2.22. The molecule has 1 aliphatic rings. The summed E-state index contributed by atoms with van der Waals surface area (Å²) in [6.45, 7) is 6.83. The molecule has 0 radical (unpaired) electrons. The predicted molar refractivity (Wildman–Crippen MR) is 53.9 cm³/mol. The van der Waals surface area contributed by atoms with Gasteiger partial charge in [-0.3, -0.25) is 0 Å². The van der Waals surface area contributed by atoms with Crippen LogP contribution in [-0.4, -0.2) is 6.04 Å². The predicted octanol–water partition coefficient (Wildman–Crippen LogP) is 2.80. The van der Waals surface area contributed by atoms with Crippen LogP contribution in [-0.2, 0) is 0 Å². The molecule has 0 amide bonds. The molecule has 1 heteroatoms. The molecule has 2 N–H and O–H groups in total. The van der Waals surface area contributed by atoms with Crippen LogP contribution in [0, 0.1) is 17.8 Å². The molecule has 0 aromatic rings. The summed E-state index contributed by atoms with van der Waals surface area (Å²) in [6, 6.07) is 0.474. The summed E-state index contributed by atoms with van der Waals surface area (Å²) in [5, 5.41) is 0. The van der Waals surface area contributed by atoms with E-state index in [1.165, 1.54) is 19.3 Å². The number of hydrogen-bond acceptors (Lipinski definition) is 1. The Balaban J connectivity index is 2.22. The van der Waals surface area contributed by atoms with Gasteiger partial charge >= 0.3 is 0 Å². The van der Waals surface area contributed by atoms with Gasteiger partial charge in [0.2, 0.25) is 0 Å². The fourth-order valence-electron chi connectivity index (χ4n) is 2.45. The fraction of sp³-hybridized carbons (Fsp3) is 1.00. The molecule has 0 aromatic heterocycles. The molecule has 4 unspecified atom stereocenters. The van der Waals surface area contributed by atoms with E-state index >= 15 is 0 Å². The molecule has 1 nitrogen and oxygen atoms in total. The van der Waals surface area contributed by atoms with Crippen LogP contribution in [0.25, 0.3) is 0 Å². The van der Waals surface area contributed by atoms with Crippen LogP contribution in [0.4, 0.5) is 0 Å². The Morgan fingerprint density at radius 2 is 2.00 bits per heavy atom. The van der Waals surface area contributed by atoms with Crippen molar-refractivity contribution in [2.24, 2.45) is 23.5 Å². The minimum atomic E-state index is 0.474. The maximum Gasteiger partial charge on any atom is 0.00699 e. The van der Waals surface area contributed by atoms with Crippen molar-refractivity contribution in [3.63, 3.8) is 0 Å². The first-order valence-corrected chi connectivity index (χ1v) is 5.47. The van der Waals surface area contributed by atoms with Crippen molar-refractivity contribution in [3.8, 4) is 0 Å². The van der Waals surface area contributed by atoms with Gasteiger partial charge in [0.15, 0.2) is 0 Å². The maximum atomic E-state index is 6.03. The van der Waals surface area contributed by atoms with Gasteiger partial charge in [-0.1, -0.05) is 33.6 Å². The largest absolute Gasteiger partial charge is 0.327 e. The Labute approximate surface area is 76.7 Å². The zero-order valence-electron chi connectivity index (χ0n) is 8.72. The standard InChI is InChI=1S/C11H23N/c1-4-6-7-9-8(3)11(9)10(12)5-2/h8-11H,4-7,12H2,1-3H3.